The molecule has 1 rings (SSSR count). The normalized spacial score (nSPS) is 10.7. The van der Waals surface area contributed by atoms with E-state index in [1.165, 1.54) is 0 Å². The standard InChI is InChI=1S/C13H23N3O2/c1-4-6-14-13-15-7-5-12(16-13)18-9-8-17-10-11(2)3/h5,7,11H,4,6,8-10H2,1-3H3,(H,14,15,16). The SMILES string of the molecule is CCCNc1nccc(OCCOCC(C)C)n1. The second kappa shape index (κ2) is 8.69. The zero-order chi connectivity index (χ0) is 13.2. The molecule has 5 nitrogen and oxygen atoms in total. The summed E-state index contributed by atoms with van der Waals surface area (Å²) in [6, 6.07) is 1.75. The first-order chi connectivity index (χ1) is 8.72. The summed E-state index contributed by atoms with van der Waals surface area (Å²) in [4.78, 5) is 8.35. The number of ether oxygens (including phenoxy) is 2. The molecule has 1 N–H and O–H groups in total. The van der Waals surface area contributed by atoms with E-state index >= 15 is 0 Å². The van der Waals surface area contributed by atoms with Gasteiger partial charge in [-0.3, -0.25) is 0 Å². The van der Waals surface area contributed by atoms with Crippen LogP contribution in [0.25, 0.3) is 0 Å². The molecular weight excluding hydrogens is 230 g/mol. The van der Waals surface area contributed by atoms with Gasteiger partial charge in [0, 0.05) is 25.4 Å². The van der Waals surface area contributed by atoms with E-state index < -0.39 is 0 Å². The summed E-state index contributed by atoms with van der Waals surface area (Å²) in [6.45, 7) is 9.06. The summed E-state index contributed by atoms with van der Waals surface area (Å²) in [7, 11) is 0. The molecule has 1 aromatic rings. The van der Waals surface area contributed by atoms with Crippen molar-refractivity contribution in [3.8, 4) is 5.88 Å². The van der Waals surface area contributed by atoms with Gasteiger partial charge in [0.05, 0.1) is 6.61 Å². The maximum absolute atomic E-state index is 5.49. The van der Waals surface area contributed by atoms with Gasteiger partial charge in [0.25, 0.3) is 0 Å². The van der Waals surface area contributed by atoms with Crippen molar-refractivity contribution in [3.05, 3.63) is 12.3 Å². The minimum atomic E-state index is 0.511. The largest absolute Gasteiger partial charge is 0.475 e. The van der Waals surface area contributed by atoms with Crippen molar-refractivity contribution in [2.75, 3.05) is 31.7 Å². The first-order valence-corrected chi connectivity index (χ1v) is 6.49. The number of aromatic nitrogens is 2. The Morgan fingerprint density at radius 2 is 2.17 bits per heavy atom. The third-order valence-corrected chi connectivity index (χ3v) is 2.09. The molecule has 0 spiro atoms. The predicted octanol–water partition coefficient (Wildman–Crippen LogP) is 2.35. The van der Waals surface area contributed by atoms with Crippen LogP contribution in [0.5, 0.6) is 5.88 Å². The van der Waals surface area contributed by atoms with E-state index in [0.717, 1.165) is 19.6 Å². The van der Waals surface area contributed by atoms with Gasteiger partial charge in [-0.15, -0.1) is 0 Å². The summed E-state index contributed by atoms with van der Waals surface area (Å²) >= 11 is 0. The number of nitrogens with one attached hydrogen (secondary N) is 1. The molecule has 0 radical (unpaired) electrons. The summed E-state index contributed by atoms with van der Waals surface area (Å²) in [5, 5.41) is 3.12. The van der Waals surface area contributed by atoms with E-state index in [9.17, 15) is 0 Å². The van der Waals surface area contributed by atoms with E-state index in [2.05, 4.69) is 36.1 Å². The first-order valence-electron chi connectivity index (χ1n) is 6.49. The number of nitrogens with zero attached hydrogens (tertiary/aromatic N) is 2. The second-order valence-corrected chi connectivity index (χ2v) is 4.46. The van der Waals surface area contributed by atoms with Crippen molar-refractivity contribution in [1.29, 1.82) is 0 Å². The number of rotatable bonds is 9. The summed E-state index contributed by atoms with van der Waals surface area (Å²) in [6.07, 6.45) is 2.73. The molecular formula is C13H23N3O2. The van der Waals surface area contributed by atoms with Crippen molar-refractivity contribution in [1.82, 2.24) is 9.97 Å². The lowest BCUT2D eigenvalue weighted by Crippen LogP contribution is -2.11. The lowest BCUT2D eigenvalue weighted by molar-refractivity contribution is 0.0806. The number of hydrogen-bond acceptors (Lipinski definition) is 5. The molecule has 0 unspecified atom stereocenters. The Bertz CT molecular complexity index is 332. The number of hydrogen-bond donors (Lipinski definition) is 1. The van der Waals surface area contributed by atoms with E-state index in [0.29, 0.717) is 31.0 Å². The van der Waals surface area contributed by atoms with Gasteiger partial charge in [-0.2, -0.15) is 4.98 Å². The fourth-order valence-corrected chi connectivity index (χ4v) is 1.27. The van der Waals surface area contributed by atoms with Gasteiger partial charge in [-0.1, -0.05) is 20.8 Å². The number of anilines is 1. The van der Waals surface area contributed by atoms with Crippen LogP contribution >= 0.6 is 0 Å². The van der Waals surface area contributed by atoms with Crippen LogP contribution in [0.1, 0.15) is 27.2 Å². The van der Waals surface area contributed by atoms with E-state index in [4.69, 9.17) is 9.47 Å². The minimum absolute atomic E-state index is 0.511. The molecule has 0 saturated carbocycles. The molecule has 1 heterocycles. The lowest BCUT2D eigenvalue weighted by Gasteiger charge is -2.09. The molecule has 1 aromatic heterocycles. The molecule has 0 aliphatic heterocycles. The smallest absolute Gasteiger partial charge is 0.225 e. The van der Waals surface area contributed by atoms with Crippen LogP contribution in [0.4, 0.5) is 5.95 Å². The minimum Gasteiger partial charge on any atom is -0.475 e. The van der Waals surface area contributed by atoms with E-state index in [1.54, 1.807) is 12.3 Å². The van der Waals surface area contributed by atoms with Crippen LogP contribution in [0.3, 0.4) is 0 Å². The Morgan fingerprint density at radius 1 is 1.33 bits per heavy atom. The fraction of sp³-hybridized carbons (Fsp3) is 0.692. The lowest BCUT2D eigenvalue weighted by atomic mass is 10.2. The van der Waals surface area contributed by atoms with Crippen LogP contribution in [0.15, 0.2) is 12.3 Å². The zero-order valence-electron chi connectivity index (χ0n) is 11.5. The average Bonchev–Trinajstić information content (AvgIpc) is 2.36. The third-order valence-electron chi connectivity index (χ3n) is 2.09. The average molecular weight is 253 g/mol. The van der Waals surface area contributed by atoms with Crippen LogP contribution in [-0.2, 0) is 4.74 Å². The molecule has 0 aliphatic rings. The molecule has 102 valence electrons. The highest BCUT2D eigenvalue weighted by Crippen LogP contribution is 2.08. The highest BCUT2D eigenvalue weighted by molar-refractivity contribution is 5.27. The van der Waals surface area contributed by atoms with Crippen molar-refractivity contribution < 1.29 is 9.47 Å². The monoisotopic (exact) mass is 253 g/mol. The van der Waals surface area contributed by atoms with Gasteiger partial charge in [0.1, 0.15) is 6.61 Å². The van der Waals surface area contributed by atoms with E-state index in [1.807, 2.05) is 0 Å². The van der Waals surface area contributed by atoms with Crippen molar-refractivity contribution in [3.63, 3.8) is 0 Å². The third kappa shape index (κ3) is 6.39. The maximum atomic E-state index is 5.49. The highest BCUT2D eigenvalue weighted by atomic mass is 16.5. The van der Waals surface area contributed by atoms with Crippen LogP contribution in [-0.4, -0.2) is 36.3 Å². The van der Waals surface area contributed by atoms with Crippen LogP contribution < -0.4 is 10.1 Å². The van der Waals surface area contributed by atoms with Gasteiger partial charge in [-0.25, -0.2) is 4.98 Å². The van der Waals surface area contributed by atoms with Gasteiger partial charge in [0.2, 0.25) is 11.8 Å². The predicted molar refractivity (Wildman–Crippen MR) is 72.0 cm³/mol. The fourth-order valence-electron chi connectivity index (χ4n) is 1.27. The summed E-state index contributed by atoms with van der Waals surface area (Å²) in [5.41, 5.74) is 0. The first kappa shape index (κ1) is 14.7. The van der Waals surface area contributed by atoms with Gasteiger partial charge in [0.15, 0.2) is 0 Å². The molecule has 18 heavy (non-hydrogen) atoms. The topological polar surface area (TPSA) is 56.3 Å². The molecule has 0 bridgehead atoms. The van der Waals surface area contributed by atoms with Gasteiger partial charge in [-0.05, 0) is 12.3 Å². The summed E-state index contributed by atoms with van der Waals surface area (Å²) < 4.78 is 10.9. The Balaban J connectivity index is 2.24. The molecule has 0 fully saturated rings. The molecule has 0 atom stereocenters. The highest BCUT2D eigenvalue weighted by Gasteiger charge is 1.99. The Kier molecular flexibility index (Phi) is 7.10. The van der Waals surface area contributed by atoms with Crippen molar-refractivity contribution >= 4 is 5.95 Å². The van der Waals surface area contributed by atoms with Gasteiger partial charge < -0.3 is 14.8 Å². The Labute approximate surface area is 109 Å². The second-order valence-electron chi connectivity index (χ2n) is 4.46. The molecule has 0 amide bonds. The van der Waals surface area contributed by atoms with Crippen molar-refractivity contribution in [2.24, 2.45) is 5.92 Å². The quantitative estimate of drug-likeness (QED) is 0.685. The van der Waals surface area contributed by atoms with Crippen LogP contribution in [0.2, 0.25) is 0 Å². The summed E-state index contributed by atoms with van der Waals surface area (Å²) in [5.74, 6) is 1.74. The maximum Gasteiger partial charge on any atom is 0.225 e. The zero-order valence-corrected chi connectivity index (χ0v) is 11.5. The molecule has 5 heteroatoms. The van der Waals surface area contributed by atoms with E-state index in [-0.39, 0.29) is 0 Å². The van der Waals surface area contributed by atoms with Crippen molar-refractivity contribution in [2.45, 2.75) is 27.2 Å². The molecule has 0 aromatic carbocycles. The van der Waals surface area contributed by atoms with Gasteiger partial charge >= 0.3 is 0 Å². The van der Waals surface area contributed by atoms with Crippen LogP contribution in [0, 0.1) is 5.92 Å². The Morgan fingerprint density at radius 3 is 2.89 bits per heavy atom. The molecule has 0 saturated heterocycles. The Hall–Kier alpha value is -1.36. The molecule has 0 aliphatic carbocycles.